The molecule has 0 saturated carbocycles. The molecule has 1 amide bonds. The normalized spacial score (nSPS) is 9.45. The second-order valence-corrected chi connectivity index (χ2v) is 3.74. The molecule has 0 aliphatic heterocycles. The van der Waals surface area contributed by atoms with Gasteiger partial charge in [0, 0.05) is 13.0 Å². The van der Waals surface area contributed by atoms with E-state index in [-0.39, 0.29) is 36.8 Å². The van der Waals surface area contributed by atoms with Crippen molar-refractivity contribution in [1.29, 1.82) is 5.26 Å². The smallest absolute Gasteiger partial charge is 0.337 e. The molecular weight excluding hydrogens is 262 g/mol. The number of rotatable bonds is 6. The van der Waals surface area contributed by atoms with Gasteiger partial charge in [-0.3, -0.25) is 4.79 Å². The van der Waals surface area contributed by atoms with Crippen LogP contribution in [0.2, 0.25) is 0 Å². The van der Waals surface area contributed by atoms with Crippen LogP contribution in [0.4, 0.5) is 5.69 Å². The topological polar surface area (TPSA) is 114 Å². The highest BCUT2D eigenvalue weighted by molar-refractivity contribution is 5.95. The zero-order chi connectivity index (χ0) is 15.0. The van der Waals surface area contributed by atoms with Crippen molar-refractivity contribution < 1.29 is 19.1 Å². The molecule has 0 unspecified atom stereocenters. The van der Waals surface area contributed by atoms with Crippen LogP contribution in [0.3, 0.4) is 0 Å². The van der Waals surface area contributed by atoms with Crippen molar-refractivity contribution in [2.45, 2.75) is 6.42 Å². The van der Waals surface area contributed by atoms with Crippen LogP contribution in [0, 0.1) is 11.3 Å². The van der Waals surface area contributed by atoms with Crippen molar-refractivity contribution in [3.8, 4) is 11.8 Å². The molecule has 3 N–H and O–H groups in total. The second-order valence-electron chi connectivity index (χ2n) is 3.74. The first-order valence-corrected chi connectivity index (χ1v) is 5.84. The lowest BCUT2D eigenvalue weighted by Gasteiger charge is -2.12. The van der Waals surface area contributed by atoms with Gasteiger partial charge in [0.25, 0.3) is 0 Å². The minimum atomic E-state index is -0.536. The average Bonchev–Trinajstić information content (AvgIpc) is 2.45. The summed E-state index contributed by atoms with van der Waals surface area (Å²) in [6, 6.07) is 6.21. The number of carbonyl (C=O) groups is 2. The van der Waals surface area contributed by atoms with Crippen LogP contribution in [0.5, 0.6) is 5.75 Å². The van der Waals surface area contributed by atoms with Crippen LogP contribution in [-0.4, -0.2) is 32.1 Å². The van der Waals surface area contributed by atoms with Crippen molar-refractivity contribution in [3.05, 3.63) is 23.8 Å². The molecule has 7 heteroatoms. The molecule has 0 aliphatic rings. The van der Waals surface area contributed by atoms with E-state index in [2.05, 4.69) is 10.1 Å². The molecule has 0 aromatic heterocycles. The number of hydrogen-bond acceptors (Lipinski definition) is 6. The number of nitriles is 1. The van der Waals surface area contributed by atoms with Gasteiger partial charge >= 0.3 is 5.97 Å². The Morgan fingerprint density at radius 3 is 2.80 bits per heavy atom. The maximum atomic E-state index is 11.5. The predicted octanol–water partition coefficient (Wildman–Crippen LogP) is 0.663. The SMILES string of the molecule is COC(=O)c1ccc(NC(=O)CCN)c(OCC#N)c1. The molecule has 0 radical (unpaired) electrons. The first-order valence-electron chi connectivity index (χ1n) is 5.84. The quantitative estimate of drug-likeness (QED) is 0.738. The fourth-order valence-electron chi connectivity index (χ4n) is 1.44. The third-order valence-corrected chi connectivity index (χ3v) is 2.34. The third kappa shape index (κ3) is 4.26. The molecule has 7 nitrogen and oxygen atoms in total. The number of nitrogens with one attached hydrogen (secondary N) is 1. The van der Waals surface area contributed by atoms with Gasteiger partial charge < -0.3 is 20.5 Å². The van der Waals surface area contributed by atoms with Gasteiger partial charge in [0.2, 0.25) is 5.91 Å². The summed E-state index contributed by atoms with van der Waals surface area (Å²) in [7, 11) is 1.26. The fraction of sp³-hybridized carbons (Fsp3) is 0.308. The average molecular weight is 277 g/mol. The standard InChI is InChI=1S/C13H15N3O4/c1-19-13(18)9-2-3-10(16-12(17)4-5-14)11(8-9)20-7-6-15/h2-3,8H,4-5,7,14H2,1H3,(H,16,17). The Balaban J connectivity index is 3.00. The molecule has 20 heavy (non-hydrogen) atoms. The van der Waals surface area contributed by atoms with Gasteiger partial charge in [0.15, 0.2) is 6.61 Å². The number of methoxy groups -OCH3 is 1. The number of carbonyl (C=O) groups excluding carboxylic acids is 2. The maximum Gasteiger partial charge on any atom is 0.337 e. The molecule has 0 bridgehead atoms. The minimum absolute atomic E-state index is 0.163. The van der Waals surface area contributed by atoms with Crippen molar-refractivity contribution in [1.82, 2.24) is 0 Å². The third-order valence-electron chi connectivity index (χ3n) is 2.34. The first-order chi connectivity index (χ1) is 9.62. The summed E-state index contributed by atoms with van der Waals surface area (Å²) in [5.41, 5.74) is 5.92. The van der Waals surface area contributed by atoms with Crippen LogP contribution in [0.25, 0.3) is 0 Å². The lowest BCUT2D eigenvalue weighted by molar-refractivity contribution is -0.116. The van der Waals surface area contributed by atoms with Gasteiger partial charge in [-0.25, -0.2) is 4.79 Å². The van der Waals surface area contributed by atoms with Crippen LogP contribution in [-0.2, 0) is 9.53 Å². The van der Waals surface area contributed by atoms with Crippen molar-refractivity contribution >= 4 is 17.6 Å². The van der Waals surface area contributed by atoms with E-state index in [1.54, 1.807) is 0 Å². The van der Waals surface area contributed by atoms with E-state index in [0.29, 0.717) is 5.69 Å². The first kappa shape index (κ1) is 15.5. The number of nitrogens with zero attached hydrogens (tertiary/aromatic N) is 1. The van der Waals surface area contributed by atoms with Gasteiger partial charge in [-0.05, 0) is 18.2 Å². The Morgan fingerprint density at radius 1 is 1.45 bits per heavy atom. The molecule has 0 saturated heterocycles. The van der Waals surface area contributed by atoms with E-state index in [0.717, 1.165) is 0 Å². The summed E-state index contributed by atoms with van der Waals surface area (Å²) in [6.45, 7) is 0.0187. The van der Waals surface area contributed by atoms with Gasteiger partial charge in [-0.1, -0.05) is 0 Å². The molecule has 1 aromatic carbocycles. The second kappa shape index (κ2) is 7.76. The fourth-order valence-corrected chi connectivity index (χ4v) is 1.44. The predicted molar refractivity (Wildman–Crippen MR) is 71.2 cm³/mol. The summed E-state index contributed by atoms with van der Waals surface area (Å²) in [5.74, 6) is -0.591. The van der Waals surface area contributed by atoms with Gasteiger partial charge in [-0.15, -0.1) is 0 Å². The number of ether oxygens (including phenoxy) is 2. The Kier molecular flexibility index (Phi) is 6.00. The summed E-state index contributed by atoms with van der Waals surface area (Å²) >= 11 is 0. The van der Waals surface area contributed by atoms with Crippen LogP contribution in [0.1, 0.15) is 16.8 Å². The van der Waals surface area contributed by atoms with Crippen LogP contribution < -0.4 is 15.8 Å². The lowest BCUT2D eigenvalue weighted by atomic mass is 10.2. The Bertz CT molecular complexity index is 537. The highest BCUT2D eigenvalue weighted by Gasteiger charge is 2.12. The summed E-state index contributed by atoms with van der Waals surface area (Å²) < 4.78 is 9.78. The van der Waals surface area contributed by atoms with E-state index in [9.17, 15) is 9.59 Å². The van der Waals surface area contributed by atoms with Gasteiger partial charge in [-0.2, -0.15) is 5.26 Å². The Hall–Kier alpha value is -2.59. The van der Waals surface area contributed by atoms with E-state index in [4.69, 9.17) is 15.7 Å². The highest BCUT2D eigenvalue weighted by atomic mass is 16.5. The number of benzene rings is 1. The minimum Gasteiger partial charge on any atom is -0.477 e. The van der Waals surface area contributed by atoms with Crippen molar-refractivity contribution in [2.75, 3.05) is 25.6 Å². The molecule has 0 aliphatic carbocycles. The largest absolute Gasteiger partial charge is 0.477 e. The summed E-state index contributed by atoms with van der Waals surface area (Å²) in [4.78, 5) is 22.9. The molecule has 0 fully saturated rings. The number of hydrogen-bond donors (Lipinski definition) is 2. The Labute approximate surface area is 116 Å². The van der Waals surface area contributed by atoms with Crippen LogP contribution in [0.15, 0.2) is 18.2 Å². The number of nitrogens with two attached hydrogens (primary N) is 1. The highest BCUT2D eigenvalue weighted by Crippen LogP contribution is 2.26. The van der Waals surface area contributed by atoms with E-state index in [1.165, 1.54) is 25.3 Å². The molecule has 1 aromatic rings. The van der Waals surface area contributed by atoms with Gasteiger partial charge in [0.05, 0.1) is 18.4 Å². The van der Waals surface area contributed by atoms with E-state index in [1.807, 2.05) is 6.07 Å². The number of amides is 1. The lowest BCUT2D eigenvalue weighted by Crippen LogP contribution is -2.17. The van der Waals surface area contributed by atoms with Crippen LogP contribution >= 0.6 is 0 Å². The number of esters is 1. The van der Waals surface area contributed by atoms with Crippen molar-refractivity contribution in [3.63, 3.8) is 0 Å². The summed E-state index contributed by atoms with van der Waals surface area (Å²) in [6.07, 6.45) is 0.163. The maximum absolute atomic E-state index is 11.5. The zero-order valence-corrected chi connectivity index (χ0v) is 11.0. The Morgan fingerprint density at radius 2 is 2.20 bits per heavy atom. The van der Waals surface area contributed by atoms with E-state index < -0.39 is 5.97 Å². The zero-order valence-electron chi connectivity index (χ0n) is 11.0. The molecule has 1 rings (SSSR count). The van der Waals surface area contributed by atoms with Gasteiger partial charge in [0.1, 0.15) is 11.8 Å². The number of anilines is 1. The molecule has 0 spiro atoms. The molecule has 106 valence electrons. The molecule has 0 atom stereocenters. The van der Waals surface area contributed by atoms with Crippen molar-refractivity contribution in [2.24, 2.45) is 5.73 Å². The monoisotopic (exact) mass is 277 g/mol. The molecular formula is C13H15N3O4. The van der Waals surface area contributed by atoms with E-state index >= 15 is 0 Å². The molecule has 0 heterocycles. The summed E-state index contributed by atoms with van der Waals surface area (Å²) in [5, 5.41) is 11.1.